The van der Waals surface area contributed by atoms with E-state index in [-0.39, 0.29) is 22.9 Å². The molecule has 0 heterocycles. The molecule has 1 aromatic carbocycles. The fraction of sp³-hybridized carbons (Fsp3) is 0.588. The minimum absolute atomic E-state index is 0.0417. The Balaban J connectivity index is 1.72. The van der Waals surface area contributed by atoms with Crippen LogP contribution in [0.15, 0.2) is 29.2 Å². The maximum Gasteiger partial charge on any atom is 0.251 e. The number of rotatable bonds is 6. The smallest absolute Gasteiger partial charge is 0.251 e. The Morgan fingerprint density at radius 1 is 1.17 bits per heavy atom. The highest BCUT2D eigenvalue weighted by Gasteiger charge is 2.29. The van der Waals surface area contributed by atoms with Gasteiger partial charge in [-0.3, -0.25) is 4.79 Å². The molecule has 0 radical (unpaired) electrons. The van der Waals surface area contributed by atoms with Gasteiger partial charge in [0.2, 0.25) is 10.0 Å². The normalized spacial score (nSPS) is 24.5. The molecule has 0 aromatic heterocycles. The third kappa shape index (κ3) is 4.15. The Morgan fingerprint density at radius 2 is 1.92 bits per heavy atom. The third-order valence-electron chi connectivity index (χ3n) is 4.83. The average molecular weight is 351 g/mol. The zero-order valence-corrected chi connectivity index (χ0v) is 14.5. The molecule has 2 atom stereocenters. The lowest BCUT2D eigenvalue weighted by Crippen LogP contribution is -2.44. The van der Waals surface area contributed by atoms with Gasteiger partial charge in [0.15, 0.2) is 0 Å². The molecule has 2 aliphatic carbocycles. The number of nitrogens with one attached hydrogen (secondary N) is 2. The highest BCUT2D eigenvalue weighted by atomic mass is 32.2. The molecule has 0 aliphatic heterocycles. The first kappa shape index (κ1) is 17.4. The van der Waals surface area contributed by atoms with E-state index in [0.717, 1.165) is 38.5 Å². The number of carbonyl (C=O) groups is 1. The Hall–Kier alpha value is -1.44. The molecular weight excluding hydrogens is 326 g/mol. The van der Waals surface area contributed by atoms with E-state index in [4.69, 9.17) is 5.73 Å². The lowest BCUT2D eigenvalue weighted by Gasteiger charge is -2.31. The molecule has 0 saturated heterocycles. The molecule has 1 amide bonds. The van der Waals surface area contributed by atoms with Gasteiger partial charge in [-0.1, -0.05) is 18.9 Å². The standard InChI is InChI=1S/C17H25N3O3S/c18-11-13-4-1-2-7-16(13)19-17(21)12-5-3-6-15(10-12)24(22,23)20-14-8-9-14/h3,5-6,10,13-14,16,20H,1-2,4,7-9,11,18H2,(H,19,21). The molecule has 2 unspecified atom stereocenters. The van der Waals surface area contributed by atoms with Crippen LogP contribution in [0.25, 0.3) is 0 Å². The molecule has 2 aliphatic rings. The van der Waals surface area contributed by atoms with Gasteiger partial charge in [-0.15, -0.1) is 0 Å². The van der Waals surface area contributed by atoms with Gasteiger partial charge < -0.3 is 11.1 Å². The number of carbonyl (C=O) groups excluding carboxylic acids is 1. The fourth-order valence-corrected chi connectivity index (χ4v) is 4.58. The van der Waals surface area contributed by atoms with E-state index in [2.05, 4.69) is 10.0 Å². The summed E-state index contributed by atoms with van der Waals surface area (Å²) in [5, 5.41) is 3.03. The first-order chi connectivity index (χ1) is 11.5. The lowest BCUT2D eigenvalue weighted by molar-refractivity contribution is 0.0908. The van der Waals surface area contributed by atoms with Crippen LogP contribution >= 0.6 is 0 Å². The summed E-state index contributed by atoms with van der Waals surface area (Å²) in [7, 11) is -3.55. The number of hydrogen-bond acceptors (Lipinski definition) is 4. The fourth-order valence-electron chi connectivity index (χ4n) is 3.22. The molecule has 4 N–H and O–H groups in total. The molecular formula is C17H25N3O3S. The van der Waals surface area contributed by atoms with Gasteiger partial charge in [-0.25, -0.2) is 13.1 Å². The van der Waals surface area contributed by atoms with Crippen LogP contribution in [0.1, 0.15) is 48.9 Å². The van der Waals surface area contributed by atoms with E-state index < -0.39 is 10.0 Å². The van der Waals surface area contributed by atoms with Crippen LogP contribution in [0.3, 0.4) is 0 Å². The summed E-state index contributed by atoms with van der Waals surface area (Å²) in [5.74, 6) is 0.0648. The molecule has 2 saturated carbocycles. The van der Waals surface area contributed by atoms with Gasteiger partial charge in [-0.2, -0.15) is 0 Å². The summed E-state index contributed by atoms with van der Waals surface area (Å²) in [6.45, 7) is 0.560. The summed E-state index contributed by atoms with van der Waals surface area (Å²) in [6, 6.07) is 6.33. The Bertz CT molecular complexity index is 701. The van der Waals surface area contributed by atoms with Crippen LogP contribution in [0.5, 0.6) is 0 Å². The predicted molar refractivity (Wildman–Crippen MR) is 92.1 cm³/mol. The number of benzene rings is 1. The Morgan fingerprint density at radius 3 is 2.62 bits per heavy atom. The van der Waals surface area contributed by atoms with Crippen molar-refractivity contribution in [3.05, 3.63) is 29.8 Å². The van der Waals surface area contributed by atoms with E-state index in [1.807, 2.05) is 0 Å². The van der Waals surface area contributed by atoms with Crippen molar-refractivity contribution in [2.45, 2.75) is 55.5 Å². The maximum atomic E-state index is 12.5. The molecule has 0 bridgehead atoms. The maximum absolute atomic E-state index is 12.5. The Kier molecular flexibility index (Phi) is 5.22. The van der Waals surface area contributed by atoms with Crippen LogP contribution in [-0.2, 0) is 10.0 Å². The van der Waals surface area contributed by atoms with Gasteiger partial charge in [0, 0.05) is 17.6 Å². The predicted octanol–water partition coefficient (Wildman–Crippen LogP) is 1.37. The lowest BCUT2D eigenvalue weighted by atomic mass is 9.84. The number of nitrogens with two attached hydrogens (primary N) is 1. The first-order valence-corrected chi connectivity index (χ1v) is 10.1. The number of sulfonamides is 1. The van der Waals surface area contributed by atoms with Crippen molar-refractivity contribution in [2.75, 3.05) is 6.54 Å². The highest BCUT2D eigenvalue weighted by Crippen LogP contribution is 2.25. The van der Waals surface area contributed by atoms with Crippen molar-refractivity contribution in [2.24, 2.45) is 11.7 Å². The average Bonchev–Trinajstić information content (AvgIpc) is 3.39. The summed E-state index contributed by atoms with van der Waals surface area (Å²) in [6.07, 6.45) is 5.94. The second-order valence-electron chi connectivity index (χ2n) is 6.78. The SMILES string of the molecule is NCC1CCCCC1NC(=O)c1cccc(S(=O)(=O)NC2CC2)c1. The highest BCUT2D eigenvalue weighted by molar-refractivity contribution is 7.89. The van der Waals surface area contributed by atoms with Crippen molar-refractivity contribution < 1.29 is 13.2 Å². The van der Waals surface area contributed by atoms with Gasteiger partial charge in [0.1, 0.15) is 0 Å². The van der Waals surface area contributed by atoms with Crippen molar-refractivity contribution in [3.63, 3.8) is 0 Å². The van der Waals surface area contributed by atoms with Crippen LogP contribution in [0, 0.1) is 5.92 Å². The largest absolute Gasteiger partial charge is 0.349 e. The summed E-state index contributed by atoms with van der Waals surface area (Å²) in [5.41, 5.74) is 6.17. The number of amides is 1. The molecule has 6 nitrogen and oxygen atoms in total. The van der Waals surface area contributed by atoms with E-state index in [0.29, 0.717) is 18.0 Å². The third-order valence-corrected chi connectivity index (χ3v) is 6.35. The van der Waals surface area contributed by atoms with Crippen LogP contribution in [-0.4, -0.2) is 33.0 Å². The van der Waals surface area contributed by atoms with Crippen molar-refractivity contribution in [3.8, 4) is 0 Å². The number of hydrogen-bond donors (Lipinski definition) is 3. The zero-order chi connectivity index (χ0) is 17.2. The molecule has 0 spiro atoms. The summed E-state index contributed by atoms with van der Waals surface area (Å²) < 4.78 is 27.2. The van der Waals surface area contributed by atoms with Gasteiger partial charge in [-0.05, 0) is 56.3 Å². The van der Waals surface area contributed by atoms with Crippen molar-refractivity contribution >= 4 is 15.9 Å². The second kappa shape index (κ2) is 7.21. The molecule has 1 aromatic rings. The van der Waals surface area contributed by atoms with Gasteiger partial charge in [0.05, 0.1) is 4.90 Å². The minimum atomic E-state index is -3.55. The second-order valence-corrected chi connectivity index (χ2v) is 8.50. The van der Waals surface area contributed by atoms with Crippen LogP contribution in [0.2, 0.25) is 0 Å². The van der Waals surface area contributed by atoms with Crippen molar-refractivity contribution in [1.29, 1.82) is 0 Å². The van der Waals surface area contributed by atoms with E-state index >= 15 is 0 Å². The molecule has 132 valence electrons. The molecule has 24 heavy (non-hydrogen) atoms. The summed E-state index contributed by atoms with van der Waals surface area (Å²) in [4.78, 5) is 12.7. The van der Waals surface area contributed by atoms with E-state index in [1.54, 1.807) is 12.1 Å². The van der Waals surface area contributed by atoms with E-state index in [9.17, 15) is 13.2 Å². The summed E-state index contributed by atoms with van der Waals surface area (Å²) >= 11 is 0. The first-order valence-electron chi connectivity index (χ1n) is 8.63. The van der Waals surface area contributed by atoms with Gasteiger partial charge >= 0.3 is 0 Å². The van der Waals surface area contributed by atoms with Crippen molar-refractivity contribution in [1.82, 2.24) is 10.0 Å². The Labute approximate surface area is 143 Å². The quantitative estimate of drug-likeness (QED) is 0.720. The minimum Gasteiger partial charge on any atom is -0.349 e. The molecule has 3 rings (SSSR count). The molecule has 7 heteroatoms. The monoisotopic (exact) mass is 351 g/mol. The van der Waals surface area contributed by atoms with Gasteiger partial charge in [0.25, 0.3) is 5.91 Å². The molecule has 2 fully saturated rings. The van der Waals surface area contributed by atoms with E-state index in [1.165, 1.54) is 12.1 Å². The topological polar surface area (TPSA) is 101 Å². The zero-order valence-electron chi connectivity index (χ0n) is 13.7. The van der Waals surface area contributed by atoms with Crippen LogP contribution < -0.4 is 15.8 Å². The van der Waals surface area contributed by atoms with Crippen LogP contribution in [0.4, 0.5) is 0 Å².